The van der Waals surface area contributed by atoms with Gasteiger partial charge in [0.25, 0.3) is 0 Å². The van der Waals surface area contributed by atoms with Gasteiger partial charge in [-0.25, -0.2) is 0 Å². The Kier molecular flexibility index (Phi) is 9.99. The normalized spacial score (nSPS) is 31.6. The highest BCUT2D eigenvalue weighted by atomic mass is 16.5. The maximum absolute atomic E-state index is 13.1. The molecule has 1 aliphatic heterocycles. The van der Waals surface area contributed by atoms with Crippen LogP contribution < -0.4 is 0 Å². The molecule has 6 heteroatoms. The summed E-state index contributed by atoms with van der Waals surface area (Å²) >= 11 is 0. The number of aliphatic hydroxyl groups excluding tert-OH is 2. The minimum Gasteiger partial charge on any atom is -0.457 e. The number of aliphatic hydroxyl groups is 2. The Labute approximate surface area is 197 Å². The number of aromatic nitrogens is 1. The average molecular weight is 458 g/mol. The highest BCUT2D eigenvalue weighted by molar-refractivity contribution is 5.88. The van der Waals surface area contributed by atoms with Gasteiger partial charge in [-0.15, -0.1) is 0 Å². The van der Waals surface area contributed by atoms with Crippen LogP contribution in [-0.2, 0) is 14.3 Å². The SMILES string of the molecule is C/C(=C\c1ccccn1)[C@@H]1C/C=C/CCC[C@H](C)[C@H](O)[C@@H](C)C(=O)C(C)(C)[C@@H](O)CC(=O)O1. The number of ether oxygens (including phenoxy) is 1. The van der Waals surface area contributed by atoms with Gasteiger partial charge in [0.05, 0.1) is 29.7 Å². The first-order chi connectivity index (χ1) is 15.5. The van der Waals surface area contributed by atoms with Gasteiger partial charge in [0, 0.05) is 18.5 Å². The van der Waals surface area contributed by atoms with E-state index in [0.717, 1.165) is 30.5 Å². The third kappa shape index (κ3) is 7.61. The fourth-order valence-electron chi connectivity index (χ4n) is 4.20. The molecule has 0 aliphatic carbocycles. The third-order valence-electron chi connectivity index (χ3n) is 6.73. The van der Waals surface area contributed by atoms with E-state index in [1.54, 1.807) is 27.0 Å². The van der Waals surface area contributed by atoms with Gasteiger partial charge in [0.15, 0.2) is 0 Å². The van der Waals surface area contributed by atoms with Crippen molar-refractivity contribution in [2.75, 3.05) is 0 Å². The van der Waals surface area contributed by atoms with Crippen molar-refractivity contribution in [1.29, 1.82) is 0 Å². The number of pyridine rings is 1. The minimum absolute atomic E-state index is 0.0422. The molecule has 33 heavy (non-hydrogen) atoms. The Hall–Kier alpha value is -2.31. The molecule has 2 rings (SSSR count). The number of allylic oxidation sites excluding steroid dienone is 1. The molecule has 1 aliphatic rings. The summed E-state index contributed by atoms with van der Waals surface area (Å²) in [5.41, 5.74) is 0.434. The highest BCUT2D eigenvalue weighted by Gasteiger charge is 2.42. The second-order valence-electron chi connectivity index (χ2n) is 9.82. The molecule has 0 bridgehead atoms. The van der Waals surface area contributed by atoms with E-state index in [2.05, 4.69) is 11.1 Å². The van der Waals surface area contributed by atoms with E-state index < -0.39 is 35.6 Å². The smallest absolute Gasteiger partial charge is 0.309 e. The molecule has 2 heterocycles. The molecule has 0 aromatic carbocycles. The number of ketones is 1. The standard InChI is InChI=1S/C27H39NO5/c1-18-12-8-6-7-9-14-22(19(2)16-21-13-10-11-15-28-21)33-24(30)17-23(29)27(4,5)26(32)20(3)25(18)31/h7,9-11,13,15-16,18,20,22-23,25,29,31H,6,8,12,14,17H2,1-5H3/b9-7+,19-16+/t18-,20+,22-,23-,25-/m0/s1. The van der Waals surface area contributed by atoms with Crippen molar-refractivity contribution in [3.05, 3.63) is 47.8 Å². The lowest BCUT2D eigenvalue weighted by Gasteiger charge is -2.34. The summed E-state index contributed by atoms with van der Waals surface area (Å²) in [6, 6.07) is 5.61. The van der Waals surface area contributed by atoms with E-state index in [1.807, 2.05) is 44.2 Å². The molecule has 1 aromatic heterocycles. The highest BCUT2D eigenvalue weighted by Crippen LogP contribution is 2.32. The molecule has 0 radical (unpaired) electrons. The molecule has 6 nitrogen and oxygen atoms in total. The van der Waals surface area contributed by atoms with Crippen LogP contribution in [0.1, 0.15) is 72.4 Å². The minimum atomic E-state index is -1.22. The lowest BCUT2D eigenvalue weighted by molar-refractivity contribution is -0.154. The Bertz CT molecular complexity index is 845. The van der Waals surface area contributed by atoms with Crippen molar-refractivity contribution in [2.45, 2.75) is 85.0 Å². The van der Waals surface area contributed by atoms with Gasteiger partial charge in [-0.3, -0.25) is 14.6 Å². The van der Waals surface area contributed by atoms with Crippen molar-refractivity contribution in [2.24, 2.45) is 17.3 Å². The van der Waals surface area contributed by atoms with Gasteiger partial charge in [-0.05, 0) is 55.9 Å². The monoisotopic (exact) mass is 457 g/mol. The van der Waals surface area contributed by atoms with Crippen molar-refractivity contribution >= 4 is 17.8 Å². The Morgan fingerprint density at radius 3 is 2.58 bits per heavy atom. The van der Waals surface area contributed by atoms with Crippen LogP contribution in [0.4, 0.5) is 0 Å². The number of hydrogen-bond acceptors (Lipinski definition) is 6. The zero-order valence-electron chi connectivity index (χ0n) is 20.5. The van der Waals surface area contributed by atoms with Crippen molar-refractivity contribution in [1.82, 2.24) is 4.98 Å². The summed E-state index contributed by atoms with van der Waals surface area (Å²) in [6.07, 6.45) is 7.89. The summed E-state index contributed by atoms with van der Waals surface area (Å²) in [7, 11) is 0. The van der Waals surface area contributed by atoms with Crippen LogP contribution in [0.3, 0.4) is 0 Å². The van der Waals surface area contributed by atoms with Gasteiger partial charge in [-0.1, -0.05) is 45.9 Å². The zero-order valence-corrected chi connectivity index (χ0v) is 20.5. The summed E-state index contributed by atoms with van der Waals surface area (Å²) in [5.74, 6) is -1.50. The van der Waals surface area contributed by atoms with Gasteiger partial charge in [0.2, 0.25) is 0 Å². The van der Waals surface area contributed by atoms with Crippen LogP contribution in [0, 0.1) is 17.3 Å². The van der Waals surface area contributed by atoms with Gasteiger partial charge in [-0.2, -0.15) is 0 Å². The van der Waals surface area contributed by atoms with E-state index in [1.165, 1.54) is 0 Å². The predicted octanol–water partition coefficient (Wildman–Crippen LogP) is 4.51. The molecule has 2 N–H and O–H groups in total. The zero-order chi connectivity index (χ0) is 24.6. The topological polar surface area (TPSA) is 96.7 Å². The predicted molar refractivity (Wildman–Crippen MR) is 129 cm³/mol. The number of rotatable bonds is 2. The molecule has 182 valence electrons. The lowest BCUT2D eigenvalue weighted by atomic mass is 9.73. The second kappa shape index (κ2) is 12.2. The van der Waals surface area contributed by atoms with E-state index in [9.17, 15) is 19.8 Å². The Morgan fingerprint density at radius 2 is 1.91 bits per heavy atom. The maximum atomic E-state index is 13.1. The molecule has 0 amide bonds. The van der Waals surface area contributed by atoms with Crippen molar-refractivity contribution in [3.63, 3.8) is 0 Å². The number of carbonyl (C=O) groups is 2. The average Bonchev–Trinajstić information content (AvgIpc) is 2.78. The molecule has 0 saturated heterocycles. The number of nitrogens with zero attached hydrogens (tertiary/aromatic N) is 1. The van der Waals surface area contributed by atoms with Crippen molar-refractivity contribution in [3.8, 4) is 0 Å². The molecule has 1 aromatic rings. The van der Waals surface area contributed by atoms with Gasteiger partial charge < -0.3 is 14.9 Å². The summed E-state index contributed by atoms with van der Waals surface area (Å²) in [4.78, 5) is 30.1. The van der Waals surface area contributed by atoms with Crippen LogP contribution in [-0.4, -0.2) is 45.3 Å². The van der Waals surface area contributed by atoms with Crippen LogP contribution in [0.15, 0.2) is 42.1 Å². The van der Waals surface area contributed by atoms with Gasteiger partial charge >= 0.3 is 5.97 Å². The fraction of sp³-hybridized carbons (Fsp3) is 0.593. The largest absolute Gasteiger partial charge is 0.457 e. The molecule has 0 fully saturated rings. The number of carbonyl (C=O) groups excluding carboxylic acids is 2. The van der Waals surface area contributed by atoms with Crippen LogP contribution >= 0.6 is 0 Å². The van der Waals surface area contributed by atoms with E-state index in [0.29, 0.717) is 6.42 Å². The number of Topliss-reactive ketones (excluding diaryl/α,β-unsaturated/α-hetero) is 1. The first-order valence-corrected chi connectivity index (χ1v) is 11.9. The fourth-order valence-corrected chi connectivity index (χ4v) is 4.20. The van der Waals surface area contributed by atoms with Gasteiger partial charge in [0.1, 0.15) is 11.9 Å². The van der Waals surface area contributed by atoms with E-state index in [-0.39, 0.29) is 18.1 Å². The first kappa shape index (κ1) is 26.9. The number of hydrogen-bond donors (Lipinski definition) is 2. The molecule has 0 spiro atoms. The molecule has 5 atom stereocenters. The maximum Gasteiger partial charge on any atom is 0.309 e. The molecular formula is C27H39NO5. The Balaban J connectivity index is 2.28. The van der Waals surface area contributed by atoms with Crippen LogP contribution in [0.25, 0.3) is 6.08 Å². The first-order valence-electron chi connectivity index (χ1n) is 11.9. The summed E-state index contributed by atoms with van der Waals surface area (Å²) < 4.78 is 5.74. The number of cyclic esters (lactones) is 1. The summed E-state index contributed by atoms with van der Waals surface area (Å²) in [5, 5.41) is 21.5. The van der Waals surface area contributed by atoms with E-state index in [4.69, 9.17) is 4.74 Å². The third-order valence-corrected chi connectivity index (χ3v) is 6.73. The van der Waals surface area contributed by atoms with Crippen LogP contribution in [0.2, 0.25) is 0 Å². The lowest BCUT2D eigenvalue weighted by Crippen LogP contribution is -2.45. The summed E-state index contributed by atoms with van der Waals surface area (Å²) in [6.45, 7) is 8.78. The van der Waals surface area contributed by atoms with Crippen LogP contribution in [0.5, 0.6) is 0 Å². The molecule has 0 unspecified atom stereocenters. The Morgan fingerprint density at radius 1 is 1.18 bits per heavy atom. The van der Waals surface area contributed by atoms with E-state index >= 15 is 0 Å². The van der Waals surface area contributed by atoms with Crippen molar-refractivity contribution < 1.29 is 24.5 Å². The number of esters is 1. The molecule has 0 saturated carbocycles. The second-order valence-corrected chi connectivity index (χ2v) is 9.82. The molecular weight excluding hydrogens is 418 g/mol. The quantitative estimate of drug-likeness (QED) is 0.501.